The fourth-order valence-electron chi connectivity index (χ4n) is 4.92. The topological polar surface area (TPSA) is 106 Å². The average molecular weight is 558 g/mol. The summed E-state index contributed by atoms with van der Waals surface area (Å²) in [5.74, 6) is 0.394. The summed E-state index contributed by atoms with van der Waals surface area (Å²) in [6.45, 7) is 3.54. The van der Waals surface area contributed by atoms with Gasteiger partial charge in [0.25, 0.3) is 6.43 Å². The number of fused-ring (bicyclic) bond motifs is 1. The van der Waals surface area contributed by atoms with Crippen LogP contribution in [0.1, 0.15) is 31.5 Å². The van der Waals surface area contributed by atoms with Crippen molar-refractivity contribution in [1.82, 2.24) is 29.3 Å². The number of ether oxygens (including phenoxy) is 2. The number of anilines is 1. The van der Waals surface area contributed by atoms with Gasteiger partial charge in [0.2, 0.25) is 23.6 Å². The van der Waals surface area contributed by atoms with Gasteiger partial charge in [-0.2, -0.15) is 9.97 Å². The van der Waals surface area contributed by atoms with Crippen LogP contribution >= 0.6 is 0 Å². The minimum Gasteiger partial charge on any atom is -0.477 e. The number of carbonyl (C=O) groups excluding carboxylic acids is 2. The first-order valence-electron chi connectivity index (χ1n) is 13.4. The molecule has 2 aliphatic rings. The lowest BCUT2D eigenvalue weighted by Gasteiger charge is -2.27. The molecule has 0 unspecified atom stereocenters. The predicted octanol–water partition coefficient (Wildman–Crippen LogP) is 2.69. The number of hydrogen-bond acceptors (Lipinski definition) is 8. The van der Waals surface area contributed by atoms with Crippen LogP contribution in [0.25, 0.3) is 16.9 Å². The van der Waals surface area contributed by atoms with E-state index in [0.29, 0.717) is 63.0 Å². The monoisotopic (exact) mass is 557 g/mol. The summed E-state index contributed by atoms with van der Waals surface area (Å²) in [4.78, 5) is 43.0. The van der Waals surface area contributed by atoms with Crippen molar-refractivity contribution < 1.29 is 27.8 Å². The molecule has 0 radical (unpaired) electrons. The van der Waals surface area contributed by atoms with E-state index in [0.717, 1.165) is 6.42 Å². The van der Waals surface area contributed by atoms with Crippen molar-refractivity contribution in [2.24, 2.45) is 5.92 Å². The second-order valence-corrected chi connectivity index (χ2v) is 10.2. The number of hydrogen-bond donors (Lipinski definition) is 0. The molecular formula is C27H33F2N7O4. The Hall–Kier alpha value is -3.87. The lowest BCUT2D eigenvalue weighted by molar-refractivity contribution is -0.135. The molecule has 5 rings (SSSR count). The van der Waals surface area contributed by atoms with E-state index >= 15 is 0 Å². The third-order valence-corrected chi connectivity index (χ3v) is 7.14. The highest BCUT2D eigenvalue weighted by atomic mass is 19.3. The molecule has 214 valence electrons. The van der Waals surface area contributed by atoms with Gasteiger partial charge < -0.3 is 24.2 Å². The molecule has 2 saturated heterocycles. The number of halogens is 2. The Morgan fingerprint density at radius 2 is 1.88 bits per heavy atom. The molecule has 2 aliphatic heterocycles. The average Bonchev–Trinajstić information content (AvgIpc) is 3.60. The molecule has 40 heavy (non-hydrogen) atoms. The predicted molar refractivity (Wildman–Crippen MR) is 143 cm³/mol. The van der Waals surface area contributed by atoms with E-state index in [1.165, 1.54) is 9.47 Å². The number of alkyl halides is 2. The molecule has 2 fully saturated rings. The van der Waals surface area contributed by atoms with Crippen LogP contribution in [0.3, 0.4) is 0 Å². The molecule has 13 heteroatoms. The van der Waals surface area contributed by atoms with Gasteiger partial charge in [0.05, 0.1) is 30.9 Å². The summed E-state index contributed by atoms with van der Waals surface area (Å²) in [6, 6.07) is 8.47. The summed E-state index contributed by atoms with van der Waals surface area (Å²) < 4.78 is 41.0. The first kappa shape index (κ1) is 27.7. The minimum atomic E-state index is -2.81. The van der Waals surface area contributed by atoms with Crippen LogP contribution in [0.15, 0.2) is 30.3 Å². The lowest BCUT2D eigenvalue weighted by atomic mass is 10.1. The van der Waals surface area contributed by atoms with Crippen molar-refractivity contribution in [1.29, 1.82) is 0 Å². The van der Waals surface area contributed by atoms with Gasteiger partial charge in [-0.3, -0.25) is 14.2 Å². The number of nitrogens with zero attached hydrogens (tertiary/aromatic N) is 7. The van der Waals surface area contributed by atoms with E-state index < -0.39 is 12.2 Å². The van der Waals surface area contributed by atoms with Crippen molar-refractivity contribution in [2.45, 2.75) is 25.7 Å². The van der Waals surface area contributed by atoms with Crippen molar-refractivity contribution in [2.75, 3.05) is 65.0 Å². The minimum absolute atomic E-state index is 0.0526. The van der Waals surface area contributed by atoms with Crippen LogP contribution in [0.4, 0.5) is 14.7 Å². The van der Waals surface area contributed by atoms with Gasteiger partial charge in [0, 0.05) is 65.1 Å². The highest BCUT2D eigenvalue weighted by Crippen LogP contribution is 2.30. The second kappa shape index (κ2) is 12.1. The fraction of sp³-hybridized carbons (Fsp3) is 0.519. The molecule has 2 aromatic heterocycles. The normalized spacial score (nSPS) is 17.6. The van der Waals surface area contributed by atoms with Crippen LogP contribution < -0.4 is 9.64 Å². The fourth-order valence-corrected chi connectivity index (χ4v) is 4.92. The Bertz CT molecular complexity index is 1360. The summed E-state index contributed by atoms with van der Waals surface area (Å²) in [7, 11) is 3.34. The van der Waals surface area contributed by atoms with Gasteiger partial charge >= 0.3 is 0 Å². The van der Waals surface area contributed by atoms with Gasteiger partial charge in [-0.05, 0) is 18.6 Å². The SMILES string of the molecule is CN(C)C(=O)CCC(=O)N1CC[C@H](COc2cc(-n3c(C(F)F)nc4ccccc43)nc(N3CCOCC3)n2)C1. The van der Waals surface area contributed by atoms with E-state index in [2.05, 4.69) is 15.0 Å². The van der Waals surface area contributed by atoms with E-state index in [1.54, 1.807) is 49.3 Å². The lowest BCUT2D eigenvalue weighted by Crippen LogP contribution is -2.37. The molecule has 0 spiro atoms. The maximum absolute atomic E-state index is 14.1. The number of amides is 2. The maximum Gasteiger partial charge on any atom is 0.296 e. The zero-order valence-electron chi connectivity index (χ0n) is 22.6. The second-order valence-electron chi connectivity index (χ2n) is 10.2. The zero-order valence-corrected chi connectivity index (χ0v) is 22.6. The van der Waals surface area contributed by atoms with E-state index in [9.17, 15) is 18.4 Å². The van der Waals surface area contributed by atoms with Gasteiger partial charge in [-0.25, -0.2) is 13.8 Å². The van der Waals surface area contributed by atoms with Crippen molar-refractivity contribution >= 4 is 28.8 Å². The third-order valence-electron chi connectivity index (χ3n) is 7.14. The van der Waals surface area contributed by atoms with E-state index in [1.807, 2.05) is 4.90 Å². The molecule has 2 amide bonds. The summed E-state index contributed by atoms with van der Waals surface area (Å²) >= 11 is 0. The molecule has 1 atom stereocenters. The Balaban J connectivity index is 1.35. The Morgan fingerprint density at radius 1 is 1.10 bits per heavy atom. The molecule has 4 heterocycles. The molecule has 0 saturated carbocycles. The van der Waals surface area contributed by atoms with Crippen LogP contribution in [-0.4, -0.2) is 101 Å². The van der Waals surface area contributed by atoms with Crippen LogP contribution in [0.5, 0.6) is 5.88 Å². The summed E-state index contributed by atoms with van der Waals surface area (Å²) in [5.41, 5.74) is 0.947. The van der Waals surface area contributed by atoms with Crippen LogP contribution in [0, 0.1) is 5.92 Å². The number of imidazole rings is 1. The number of rotatable bonds is 9. The maximum atomic E-state index is 14.1. The van der Waals surface area contributed by atoms with Gasteiger partial charge in [-0.1, -0.05) is 12.1 Å². The molecule has 0 aliphatic carbocycles. The molecule has 3 aromatic rings. The third kappa shape index (κ3) is 6.14. The first-order valence-corrected chi connectivity index (χ1v) is 13.4. The standard InChI is InChI=1S/C27H33F2N7O4/c1-33(2)23(37)7-8-24(38)35-10-9-18(16-35)17-40-22-15-21(31-27(32-22)34-11-13-39-14-12-34)36-20-6-4-3-5-19(20)30-26(36)25(28)29/h3-6,15,18,25H,7-14,16-17H2,1-2H3/t18-/m0/s1. The van der Waals surface area contributed by atoms with E-state index in [4.69, 9.17) is 9.47 Å². The summed E-state index contributed by atoms with van der Waals surface area (Å²) in [5, 5.41) is 0. The zero-order chi connectivity index (χ0) is 28.2. The molecule has 11 nitrogen and oxygen atoms in total. The quantitative estimate of drug-likeness (QED) is 0.396. The highest BCUT2D eigenvalue weighted by Gasteiger charge is 2.28. The van der Waals surface area contributed by atoms with Gasteiger partial charge in [-0.15, -0.1) is 0 Å². The van der Waals surface area contributed by atoms with Crippen LogP contribution in [-0.2, 0) is 14.3 Å². The highest BCUT2D eigenvalue weighted by molar-refractivity contribution is 5.83. The van der Waals surface area contributed by atoms with Crippen LogP contribution in [0.2, 0.25) is 0 Å². The molecule has 0 N–H and O–H groups in total. The largest absolute Gasteiger partial charge is 0.477 e. The number of aromatic nitrogens is 4. The number of likely N-dealkylation sites (tertiary alicyclic amines) is 1. The molecule has 0 bridgehead atoms. The smallest absolute Gasteiger partial charge is 0.296 e. The van der Waals surface area contributed by atoms with Crippen molar-refractivity contribution in [3.63, 3.8) is 0 Å². The number of benzene rings is 1. The molecular weight excluding hydrogens is 524 g/mol. The summed E-state index contributed by atoms with van der Waals surface area (Å²) in [6.07, 6.45) is -1.70. The number of morpholine rings is 1. The van der Waals surface area contributed by atoms with Gasteiger partial charge in [0.1, 0.15) is 5.82 Å². The van der Waals surface area contributed by atoms with Gasteiger partial charge in [0.15, 0.2) is 5.82 Å². The Labute approximate surface area is 230 Å². The Kier molecular flexibility index (Phi) is 8.38. The Morgan fingerprint density at radius 3 is 2.62 bits per heavy atom. The number of para-hydroxylation sites is 2. The number of carbonyl (C=O) groups is 2. The van der Waals surface area contributed by atoms with Crippen molar-refractivity contribution in [3.05, 3.63) is 36.2 Å². The van der Waals surface area contributed by atoms with E-state index in [-0.39, 0.29) is 42.3 Å². The first-order chi connectivity index (χ1) is 19.3. The molecule has 1 aromatic carbocycles. The van der Waals surface area contributed by atoms with Crippen molar-refractivity contribution in [3.8, 4) is 11.7 Å².